The molecule has 7 heteroatoms. The van der Waals surface area contributed by atoms with Gasteiger partial charge in [-0.3, -0.25) is 4.57 Å². The highest BCUT2D eigenvalue weighted by atomic mass is 19.2. The summed E-state index contributed by atoms with van der Waals surface area (Å²) >= 11 is 0. The average molecular weight is 292 g/mol. The number of aromatic nitrogens is 2. The Labute approximate surface area is 116 Å². The van der Waals surface area contributed by atoms with Gasteiger partial charge in [0.15, 0.2) is 17.5 Å². The van der Waals surface area contributed by atoms with Crippen molar-refractivity contribution in [3.8, 4) is 5.69 Å². The number of carboxylic acid groups (broad SMARTS) is 1. The lowest BCUT2D eigenvalue weighted by Gasteiger charge is -2.06. The third-order valence-corrected chi connectivity index (χ3v) is 3.05. The lowest BCUT2D eigenvalue weighted by molar-refractivity contribution is 0.0699. The molecule has 0 radical (unpaired) electrons. The Morgan fingerprint density at radius 3 is 2.43 bits per heavy atom. The molecule has 0 amide bonds. The number of nitrogens with zero attached hydrogens (tertiary/aromatic N) is 2. The largest absolute Gasteiger partial charge is 0.478 e. The van der Waals surface area contributed by atoms with Crippen molar-refractivity contribution in [2.75, 3.05) is 0 Å². The molecule has 4 nitrogen and oxygen atoms in total. The van der Waals surface area contributed by atoms with Crippen LogP contribution in [0.3, 0.4) is 0 Å². The van der Waals surface area contributed by atoms with Crippen LogP contribution in [0.2, 0.25) is 0 Å². The van der Waals surface area contributed by atoms with E-state index >= 15 is 0 Å². The summed E-state index contributed by atoms with van der Waals surface area (Å²) in [6.45, 7) is 0. The first-order chi connectivity index (χ1) is 9.99. The summed E-state index contributed by atoms with van der Waals surface area (Å²) in [6, 6.07) is 6.03. The fraction of sp³-hybridized carbons (Fsp3) is 0. The Kier molecular flexibility index (Phi) is 2.90. The molecule has 3 rings (SSSR count). The van der Waals surface area contributed by atoms with E-state index in [1.165, 1.54) is 23.0 Å². The van der Waals surface area contributed by atoms with Crippen molar-refractivity contribution in [1.82, 2.24) is 9.55 Å². The number of fused-ring (bicyclic) bond motifs is 1. The summed E-state index contributed by atoms with van der Waals surface area (Å²) in [5.41, 5.74) is 0.501. The van der Waals surface area contributed by atoms with Gasteiger partial charge in [0.05, 0.1) is 16.8 Å². The molecule has 3 aromatic rings. The minimum Gasteiger partial charge on any atom is -0.478 e. The summed E-state index contributed by atoms with van der Waals surface area (Å²) in [5.74, 6) is -5.39. The van der Waals surface area contributed by atoms with Crippen molar-refractivity contribution in [3.63, 3.8) is 0 Å². The molecular weight excluding hydrogens is 285 g/mol. The number of carboxylic acids is 1. The zero-order chi connectivity index (χ0) is 15.1. The van der Waals surface area contributed by atoms with Gasteiger partial charge in [-0.05, 0) is 12.1 Å². The quantitative estimate of drug-likeness (QED) is 0.738. The summed E-state index contributed by atoms with van der Waals surface area (Å²) in [5, 5.41) is 9.07. The van der Waals surface area contributed by atoms with E-state index in [1.807, 2.05) is 0 Å². The summed E-state index contributed by atoms with van der Waals surface area (Å²) < 4.78 is 40.9. The first kappa shape index (κ1) is 13.2. The van der Waals surface area contributed by atoms with Gasteiger partial charge in [-0.2, -0.15) is 0 Å². The monoisotopic (exact) mass is 292 g/mol. The van der Waals surface area contributed by atoms with E-state index in [-0.39, 0.29) is 16.8 Å². The van der Waals surface area contributed by atoms with E-state index in [4.69, 9.17) is 5.11 Å². The van der Waals surface area contributed by atoms with Crippen molar-refractivity contribution < 1.29 is 23.1 Å². The highest BCUT2D eigenvalue weighted by Gasteiger charge is 2.16. The Balaban J connectivity index is 2.27. The lowest BCUT2D eigenvalue weighted by atomic mass is 10.2. The standard InChI is InChI=1S/C14H7F3N2O2/c15-9-4-7(5-10(16)12(9)17)19-6-18-13-8(14(20)21)2-1-3-11(13)19/h1-6H,(H,20,21). The summed E-state index contributed by atoms with van der Waals surface area (Å²) in [7, 11) is 0. The van der Waals surface area contributed by atoms with Crippen LogP contribution in [-0.4, -0.2) is 20.6 Å². The highest BCUT2D eigenvalue weighted by Crippen LogP contribution is 2.23. The molecule has 1 N–H and O–H groups in total. The number of imidazole rings is 1. The molecule has 1 aromatic heterocycles. The van der Waals surface area contributed by atoms with Gasteiger partial charge in [0.2, 0.25) is 0 Å². The van der Waals surface area contributed by atoms with Crippen molar-refractivity contribution >= 4 is 17.0 Å². The Morgan fingerprint density at radius 2 is 1.81 bits per heavy atom. The zero-order valence-electron chi connectivity index (χ0n) is 10.3. The van der Waals surface area contributed by atoms with Crippen LogP contribution in [-0.2, 0) is 0 Å². The van der Waals surface area contributed by atoms with Gasteiger partial charge in [-0.25, -0.2) is 22.9 Å². The van der Waals surface area contributed by atoms with Crippen LogP contribution < -0.4 is 0 Å². The number of rotatable bonds is 2. The second kappa shape index (κ2) is 4.62. The predicted octanol–water partition coefficient (Wildman–Crippen LogP) is 3.14. The SMILES string of the molecule is O=C(O)c1cccc2c1ncn2-c1cc(F)c(F)c(F)c1. The Hall–Kier alpha value is -2.83. The van der Waals surface area contributed by atoms with Gasteiger partial charge in [0.25, 0.3) is 0 Å². The number of benzene rings is 2. The van der Waals surface area contributed by atoms with Crippen LogP contribution >= 0.6 is 0 Å². The van der Waals surface area contributed by atoms with Gasteiger partial charge in [-0.1, -0.05) is 6.07 Å². The lowest BCUT2D eigenvalue weighted by Crippen LogP contribution is -1.99. The highest BCUT2D eigenvalue weighted by molar-refractivity contribution is 6.01. The molecule has 21 heavy (non-hydrogen) atoms. The molecule has 0 aliphatic carbocycles. The Morgan fingerprint density at radius 1 is 1.14 bits per heavy atom. The van der Waals surface area contributed by atoms with E-state index < -0.39 is 23.4 Å². The second-order valence-electron chi connectivity index (χ2n) is 4.32. The number of aromatic carboxylic acids is 1. The molecule has 0 aliphatic rings. The van der Waals surface area contributed by atoms with Crippen molar-refractivity contribution in [3.05, 3.63) is 59.7 Å². The molecule has 106 valence electrons. The number of para-hydroxylation sites is 1. The third kappa shape index (κ3) is 2.03. The molecule has 0 saturated carbocycles. The minimum atomic E-state index is -1.56. The maximum absolute atomic E-state index is 13.3. The molecule has 2 aromatic carbocycles. The van der Waals surface area contributed by atoms with Crippen molar-refractivity contribution in [1.29, 1.82) is 0 Å². The van der Waals surface area contributed by atoms with Crippen LogP contribution in [0.4, 0.5) is 13.2 Å². The van der Waals surface area contributed by atoms with Crippen LogP contribution in [0, 0.1) is 17.5 Å². The molecular formula is C14H7F3N2O2. The maximum Gasteiger partial charge on any atom is 0.337 e. The first-order valence-corrected chi connectivity index (χ1v) is 5.83. The van der Waals surface area contributed by atoms with E-state index in [9.17, 15) is 18.0 Å². The van der Waals surface area contributed by atoms with Gasteiger partial charge in [0, 0.05) is 12.1 Å². The topological polar surface area (TPSA) is 55.1 Å². The summed E-state index contributed by atoms with van der Waals surface area (Å²) in [4.78, 5) is 15.0. The minimum absolute atomic E-state index is 0.0106. The van der Waals surface area contributed by atoms with Crippen molar-refractivity contribution in [2.24, 2.45) is 0 Å². The molecule has 0 unspecified atom stereocenters. The van der Waals surface area contributed by atoms with Crippen LogP contribution in [0.5, 0.6) is 0 Å². The normalized spacial score (nSPS) is 11.0. The van der Waals surface area contributed by atoms with Gasteiger partial charge >= 0.3 is 5.97 Å². The molecule has 0 fully saturated rings. The third-order valence-electron chi connectivity index (χ3n) is 3.05. The summed E-state index contributed by atoms with van der Waals surface area (Å²) in [6.07, 6.45) is 1.23. The van der Waals surface area contributed by atoms with Crippen LogP contribution in [0.1, 0.15) is 10.4 Å². The average Bonchev–Trinajstić information content (AvgIpc) is 2.87. The first-order valence-electron chi connectivity index (χ1n) is 5.83. The number of carbonyl (C=O) groups is 1. The van der Waals surface area contributed by atoms with Crippen LogP contribution in [0.15, 0.2) is 36.7 Å². The van der Waals surface area contributed by atoms with Gasteiger partial charge < -0.3 is 5.11 Å². The molecule has 0 bridgehead atoms. The van der Waals surface area contributed by atoms with Gasteiger partial charge in [-0.15, -0.1) is 0 Å². The fourth-order valence-electron chi connectivity index (χ4n) is 2.10. The number of hydrogen-bond donors (Lipinski definition) is 1. The molecule has 0 saturated heterocycles. The smallest absolute Gasteiger partial charge is 0.337 e. The maximum atomic E-state index is 13.3. The Bertz CT molecular complexity index is 851. The van der Waals surface area contributed by atoms with Crippen molar-refractivity contribution in [2.45, 2.75) is 0 Å². The van der Waals surface area contributed by atoms with E-state index in [2.05, 4.69) is 4.98 Å². The molecule has 0 aliphatic heterocycles. The fourth-order valence-corrected chi connectivity index (χ4v) is 2.10. The number of halogens is 3. The number of hydrogen-bond acceptors (Lipinski definition) is 2. The van der Waals surface area contributed by atoms with E-state index in [0.29, 0.717) is 5.52 Å². The predicted molar refractivity (Wildman–Crippen MR) is 67.9 cm³/mol. The molecule has 0 atom stereocenters. The zero-order valence-corrected chi connectivity index (χ0v) is 10.3. The molecule has 1 heterocycles. The molecule has 0 spiro atoms. The van der Waals surface area contributed by atoms with Gasteiger partial charge in [0.1, 0.15) is 11.8 Å². The van der Waals surface area contributed by atoms with E-state index in [1.54, 1.807) is 6.07 Å². The second-order valence-corrected chi connectivity index (χ2v) is 4.32. The van der Waals surface area contributed by atoms with E-state index in [0.717, 1.165) is 12.1 Å². The van der Waals surface area contributed by atoms with Crippen LogP contribution in [0.25, 0.3) is 16.7 Å².